The Balaban J connectivity index is 2.07. The van der Waals surface area contributed by atoms with Crippen molar-refractivity contribution in [3.63, 3.8) is 0 Å². The van der Waals surface area contributed by atoms with Crippen molar-refractivity contribution in [3.8, 4) is 5.75 Å². The monoisotopic (exact) mass is 369 g/mol. The number of methoxy groups -OCH3 is 1. The van der Waals surface area contributed by atoms with E-state index in [4.69, 9.17) is 4.74 Å². The van der Waals surface area contributed by atoms with Gasteiger partial charge >= 0.3 is 5.97 Å². The Morgan fingerprint density at radius 2 is 1.48 bits per heavy atom. The highest BCUT2D eigenvalue weighted by Gasteiger charge is 2.16. The average Bonchev–Trinajstić information content (AvgIpc) is 2.65. The van der Waals surface area contributed by atoms with Crippen LogP contribution in [0.3, 0.4) is 0 Å². The number of nitrogens with one attached hydrogen (secondary N) is 1. The van der Waals surface area contributed by atoms with Crippen LogP contribution in [0.5, 0.6) is 5.75 Å². The highest BCUT2D eigenvalue weighted by molar-refractivity contribution is 5.94. The molecule has 0 unspecified atom stereocenters. The van der Waals surface area contributed by atoms with E-state index in [0.717, 1.165) is 16.8 Å². The maximum absolute atomic E-state index is 12.4. The first-order valence-corrected chi connectivity index (χ1v) is 9.07. The molecular formula is C22H27NO4. The third kappa shape index (κ3) is 5.33. The predicted octanol–water partition coefficient (Wildman–Crippen LogP) is 4.74. The number of benzene rings is 2. The number of carbonyl (C=O) groups excluding carboxylic acids is 2. The van der Waals surface area contributed by atoms with Crippen molar-refractivity contribution in [2.45, 2.75) is 39.5 Å². The van der Waals surface area contributed by atoms with Gasteiger partial charge in [-0.25, -0.2) is 4.79 Å². The molecule has 0 heterocycles. The molecule has 0 spiro atoms. The summed E-state index contributed by atoms with van der Waals surface area (Å²) >= 11 is 0. The molecule has 1 N–H and O–H groups in total. The number of esters is 1. The van der Waals surface area contributed by atoms with Crippen LogP contribution in [-0.4, -0.2) is 25.6 Å². The zero-order valence-electron chi connectivity index (χ0n) is 16.5. The maximum atomic E-state index is 12.4. The van der Waals surface area contributed by atoms with Crippen LogP contribution in [0.1, 0.15) is 61.0 Å². The molecule has 0 aromatic heterocycles. The smallest absolute Gasteiger partial charge is 0.337 e. The van der Waals surface area contributed by atoms with Gasteiger partial charge in [-0.3, -0.25) is 4.79 Å². The molecule has 5 nitrogen and oxygen atoms in total. The summed E-state index contributed by atoms with van der Waals surface area (Å²) < 4.78 is 10.2. The number of hydrogen-bond acceptors (Lipinski definition) is 4. The Morgan fingerprint density at radius 3 is 1.96 bits per heavy atom. The van der Waals surface area contributed by atoms with Crippen molar-refractivity contribution in [3.05, 3.63) is 59.2 Å². The number of rotatable bonds is 7. The number of para-hydroxylation sites is 1. The second-order valence-electron chi connectivity index (χ2n) is 6.97. The molecule has 0 aliphatic heterocycles. The number of carbonyl (C=O) groups is 2. The number of anilines is 1. The standard InChI is InChI=1S/C22H27NO4/c1-14(2)18-7-6-8-19(15(3)4)21(18)23-20(24)13-27-17-11-9-16(10-12-17)22(25)26-5/h6-12,14-15H,13H2,1-5H3,(H,23,24). The first kappa shape index (κ1) is 20.5. The molecular weight excluding hydrogens is 342 g/mol. The summed E-state index contributed by atoms with van der Waals surface area (Å²) in [5, 5.41) is 3.01. The zero-order valence-corrected chi connectivity index (χ0v) is 16.5. The molecule has 0 aliphatic carbocycles. The van der Waals surface area contributed by atoms with Crippen LogP contribution in [0.15, 0.2) is 42.5 Å². The molecule has 0 saturated heterocycles. The van der Waals surface area contributed by atoms with Gasteiger partial charge in [-0.15, -0.1) is 0 Å². The largest absolute Gasteiger partial charge is 0.484 e. The SMILES string of the molecule is COC(=O)c1ccc(OCC(=O)Nc2c(C(C)C)cccc2C(C)C)cc1. The first-order chi connectivity index (χ1) is 12.8. The fourth-order valence-electron chi connectivity index (χ4n) is 2.82. The second kappa shape index (κ2) is 9.21. The van der Waals surface area contributed by atoms with E-state index in [1.165, 1.54) is 7.11 Å². The normalized spacial score (nSPS) is 10.8. The quantitative estimate of drug-likeness (QED) is 0.716. The number of hydrogen-bond donors (Lipinski definition) is 1. The van der Waals surface area contributed by atoms with Gasteiger partial charge in [0.25, 0.3) is 5.91 Å². The highest BCUT2D eigenvalue weighted by Crippen LogP contribution is 2.32. The lowest BCUT2D eigenvalue weighted by Gasteiger charge is -2.20. The Kier molecular flexibility index (Phi) is 6.99. The lowest BCUT2D eigenvalue weighted by Crippen LogP contribution is -2.22. The van der Waals surface area contributed by atoms with Crippen LogP contribution in [0, 0.1) is 0 Å². The van der Waals surface area contributed by atoms with E-state index in [0.29, 0.717) is 23.1 Å². The molecule has 0 bridgehead atoms. The minimum Gasteiger partial charge on any atom is -0.484 e. The van der Waals surface area contributed by atoms with Crippen molar-refractivity contribution in [2.75, 3.05) is 19.0 Å². The van der Waals surface area contributed by atoms with E-state index in [1.54, 1.807) is 24.3 Å². The summed E-state index contributed by atoms with van der Waals surface area (Å²) in [6, 6.07) is 12.6. The van der Waals surface area contributed by atoms with Crippen LogP contribution in [0.2, 0.25) is 0 Å². The van der Waals surface area contributed by atoms with E-state index < -0.39 is 5.97 Å². The molecule has 1 amide bonds. The van der Waals surface area contributed by atoms with Crippen molar-refractivity contribution >= 4 is 17.6 Å². The molecule has 0 radical (unpaired) electrons. The Morgan fingerprint density at radius 1 is 0.926 bits per heavy atom. The summed E-state index contributed by atoms with van der Waals surface area (Å²) in [5.41, 5.74) is 3.52. The zero-order chi connectivity index (χ0) is 20.0. The van der Waals surface area contributed by atoms with Crippen LogP contribution in [-0.2, 0) is 9.53 Å². The van der Waals surface area contributed by atoms with Crippen molar-refractivity contribution in [1.29, 1.82) is 0 Å². The van der Waals surface area contributed by atoms with Gasteiger partial charge < -0.3 is 14.8 Å². The second-order valence-corrected chi connectivity index (χ2v) is 6.97. The van der Waals surface area contributed by atoms with E-state index in [9.17, 15) is 9.59 Å². The van der Waals surface area contributed by atoms with E-state index in [-0.39, 0.29) is 12.5 Å². The lowest BCUT2D eigenvalue weighted by atomic mass is 9.92. The van der Waals surface area contributed by atoms with Crippen LogP contribution < -0.4 is 10.1 Å². The summed E-state index contributed by atoms with van der Waals surface area (Å²) in [5.74, 6) is 0.475. The topological polar surface area (TPSA) is 64.6 Å². The van der Waals surface area contributed by atoms with Crippen molar-refractivity contribution in [1.82, 2.24) is 0 Å². The molecule has 2 rings (SSSR count). The van der Waals surface area contributed by atoms with Crippen molar-refractivity contribution < 1.29 is 19.1 Å². The Bertz CT molecular complexity index is 768. The first-order valence-electron chi connectivity index (χ1n) is 9.07. The number of amides is 1. The van der Waals surface area contributed by atoms with Gasteiger partial charge in [0.15, 0.2) is 6.61 Å². The average molecular weight is 369 g/mol. The molecule has 0 aliphatic rings. The lowest BCUT2D eigenvalue weighted by molar-refractivity contribution is -0.118. The summed E-state index contributed by atoms with van der Waals surface area (Å²) in [7, 11) is 1.33. The van der Waals surface area contributed by atoms with Gasteiger partial charge in [-0.1, -0.05) is 45.9 Å². The molecule has 2 aromatic rings. The molecule has 0 saturated carbocycles. The maximum Gasteiger partial charge on any atom is 0.337 e. The summed E-state index contributed by atoms with van der Waals surface area (Å²) in [6.45, 7) is 8.31. The van der Waals surface area contributed by atoms with E-state index >= 15 is 0 Å². The summed E-state index contributed by atoms with van der Waals surface area (Å²) in [4.78, 5) is 23.9. The highest BCUT2D eigenvalue weighted by atomic mass is 16.5. The van der Waals surface area contributed by atoms with E-state index in [1.807, 2.05) is 18.2 Å². The molecule has 0 fully saturated rings. The minimum absolute atomic E-state index is 0.110. The van der Waals surface area contributed by atoms with Gasteiger partial charge in [0, 0.05) is 5.69 Å². The predicted molar refractivity (Wildman–Crippen MR) is 107 cm³/mol. The fraction of sp³-hybridized carbons (Fsp3) is 0.364. The third-order valence-electron chi connectivity index (χ3n) is 4.28. The van der Waals surface area contributed by atoms with Gasteiger partial charge in [-0.2, -0.15) is 0 Å². The van der Waals surface area contributed by atoms with Crippen LogP contribution >= 0.6 is 0 Å². The van der Waals surface area contributed by atoms with Gasteiger partial charge in [0.1, 0.15) is 5.75 Å². The van der Waals surface area contributed by atoms with E-state index in [2.05, 4.69) is 37.7 Å². The molecule has 5 heteroatoms. The minimum atomic E-state index is -0.411. The molecule has 27 heavy (non-hydrogen) atoms. The van der Waals surface area contributed by atoms with Gasteiger partial charge in [0.2, 0.25) is 0 Å². The van der Waals surface area contributed by atoms with Gasteiger partial charge in [-0.05, 0) is 47.2 Å². The van der Waals surface area contributed by atoms with Crippen LogP contribution in [0.4, 0.5) is 5.69 Å². The molecule has 2 aromatic carbocycles. The molecule has 0 atom stereocenters. The van der Waals surface area contributed by atoms with Crippen LogP contribution in [0.25, 0.3) is 0 Å². The van der Waals surface area contributed by atoms with Gasteiger partial charge in [0.05, 0.1) is 12.7 Å². The van der Waals surface area contributed by atoms with Crippen molar-refractivity contribution in [2.24, 2.45) is 0 Å². The third-order valence-corrected chi connectivity index (χ3v) is 4.28. The summed E-state index contributed by atoms with van der Waals surface area (Å²) in [6.07, 6.45) is 0. The Labute approximate surface area is 160 Å². The Hall–Kier alpha value is -2.82. The fourth-order valence-corrected chi connectivity index (χ4v) is 2.82. The number of ether oxygens (including phenoxy) is 2. The molecule has 144 valence electrons.